The third-order valence-corrected chi connectivity index (χ3v) is 5.41. The molecule has 0 amide bonds. The number of fused-ring (bicyclic) bond motifs is 1. The van der Waals surface area contributed by atoms with E-state index in [1.54, 1.807) is 7.11 Å². The van der Waals surface area contributed by atoms with E-state index >= 15 is 0 Å². The highest BCUT2D eigenvalue weighted by Crippen LogP contribution is 2.47. The molecule has 0 spiro atoms. The van der Waals surface area contributed by atoms with Crippen LogP contribution in [0.2, 0.25) is 0 Å². The van der Waals surface area contributed by atoms with Gasteiger partial charge in [-0.1, -0.05) is 25.1 Å². The van der Waals surface area contributed by atoms with E-state index in [1.807, 2.05) is 37.3 Å². The zero-order valence-electron chi connectivity index (χ0n) is 16.7. The van der Waals surface area contributed by atoms with Gasteiger partial charge in [0, 0.05) is 23.0 Å². The van der Waals surface area contributed by atoms with E-state index in [4.69, 9.17) is 18.9 Å². The van der Waals surface area contributed by atoms with Crippen molar-refractivity contribution >= 4 is 5.78 Å². The lowest BCUT2D eigenvalue weighted by Gasteiger charge is -2.37. The largest absolute Gasteiger partial charge is 0.490 e. The molecule has 2 aromatic carbocycles. The maximum Gasteiger partial charge on any atom is 0.203 e. The lowest BCUT2D eigenvalue weighted by atomic mass is 9.90. The second-order valence-electron chi connectivity index (χ2n) is 7.75. The van der Waals surface area contributed by atoms with Crippen LogP contribution in [-0.2, 0) is 11.2 Å². The Morgan fingerprint density at radius 3 is 2.46 bits per heavy atom. The predicted octanol–water partition coefficient (Wildman–Crippen LogP) is 4.31. The maximum absolute atomic E-state index is 12.2. The molecule has 0 N–H and O–H groups in total. The zero-order valence-corrected chi connectivity index (χ0v) is 16.7. The number of rotatable bonds is 7. The van der Waals surface area contributed by atoms with Crippen LogP contribution < -0.4 is 14.2 Å². The van der Waals surface area contributed by atoms with Crippen molar-refractivity contribution in [2.24, 2.45) is 5.41 Å². The van der Waals surface area contributed by atoms with E-state index in [-0.39, 0.29) is 11.2 Å². The lowest BCUT2D eigenvalue weighted by Crippen LogP contribution is -2.44. The molecule has 0 unspecified atom stereocenters. The average molecular weight is 382 g/mol. The van der Waals surface area contributed by atoms with Crippen LogP contribution in [0.4, 0.5) is 0 Å². The highest BCUT2D eigenvalue weighted by atomic mass is 16.5. The second kappa shape index (κ2) is 7.47. The molecule has 1 saturated heterocycles. The highest BCUT2D eigenvalue weighted by Gasteiger charge is 2.35. The second-order valence-corrected chi connectivity index (χ2v) is 7.75. The van der Waals surface area contributed by atoms with Gasteiger partial charge in [-0.25, -0.2) is 0 Å². The Hall–Kier alpha value is -2.53. The first kappa shape index (κ1) is 18.8. The molecule has 1 heterocycles. The van der Waals surface area contributed by atoms with Crippen LogP contribution in [0.15, 0.2) is 30.3 Å². The number of benzene rings is 2. The fraction of sp³-hybridized carbons (Fsp3) is 0.435. The van der Waals surface area contributed by atoms with Gasteiger partial charge in [0.15, 0.2) is 17.3 Å². The minimum absolute atomic E-state index is 0.00149. The Kier molecular flexibility index (Phi) is 5.02. The van der Waals surface area contributed by atoms with Crippen molar-refractivity contribution in [1.29, 1.82) is 0 Å². The summed E-state index contributed by atoms with van der Waals surface area (Å²) < 4.78 is 23.1. The van der Waals surface area contributed by atoms with Crippen molar-refractivity contribution in [1.82, 2.24) is 0 Å². The summed E-state index contributed by atoms with van der Waals surface area (Å²) in [6.45, 7) is 6.52. The number of carbonyl (C=O) groups is 1. The molecule has 148 valence electrons. The summed E-state index contributed by atoms with van der Waals surface area (Å²) >= 11 is 0. The molecule has 1 aliphatic carbocycles. The van der Waals surface area contributed by atoms with Crippen LogP contribution in [0, 0.1) is 5.41 Å². The van der Waals surface area contributed by atoms with Gasteiger partial charge in [0.25, 0.3) is 0 Å². The summed E-state index contributed by atoms with van der Waals surface area (Å²) in [6, 6.07) is 9.81. The third-order valence-electron chi connectivity index (χ3n) is 5.41. The number of ether oxygens (including phenoxy) is 4. The van der Waals surface area contributed by atoms with E-state index in [2.05, 4.69) is 6.92 Å². The molecule has 4 rings (SSSR count). The van der Waals surface area contributed by atoms with Crippen molar-refractivity contribution < 1.29 is 23.7 Å². The van der Waals surface area contributed by atoms with Crippen LogP contribution in [0.5, 0.6) is 17.2 Å². The Balaban J connectivity index is 1.81. The molecule has 0 radical (unpaired) electrons. The first-order chi connectivity index (χ1) is 13.6. The normalized spacial score (nSPS) is 17.0. The Morgan fingerprint density at radius 1 is 1.00 bits per heavy atom. The molecule has 0 aromatic heterocycles. The number of hydrogen-bond acceptors (Lipinski definition) is 5. The molecule has 0 saturated carbocycles. The minimum atomic E-state index is -0.00149. The van der Waals surface area contributed by atoms with Gasteiger partial charge in [-0.15, -0.1) is 0 Å². The molecule has 5 nitrogen and oxygen atoms in total. The summed E-state index contributed by atoms with van der Waals surface area (Å²) in [4.78, 5) is 12.2. The van der Waals surface area contributed by atoms with Gasteiger partial charge in [-0.2, -0.15) is 0 Å². The van der Waals surface area contributed by atoms with Gasteiger partial charge in [0.05, 0.1) is 33.5 Å². The van der Waals surface area contributed by atoms with Gasteiger partial charge in [0.2, 0.25) is 5.75 Å². The molecule has 2 aromatic rings. The Morgan fingerprint density at radius 2 is 1.79 bits per heavy atom. The van der Waals surface area contributed by atoms with E-state index < -0.39 is 0 Å². The SMILES string of the molecule is CCOc1ccc(-c2cccc3c2CCC3=O)c(OCC2(C)COC2)c1OC. The van der Waals surface area contributed by atoms with Crippen LogP contribution >= 0.6 is 0 Å². The van der Waals surface area contributed by atoms with Gasteiger partial charge in [-0.3, -0.25) is 4.79 Å². The van der Waals surface area contributed by atoms with Crippen molar-refractivity contribution in [3.63, 3.8) is 0 Å². The number of methoxy groups -OCH3 is 1. The van der Waals surface area contributed by atoms with Gasteiger partial charge >= 0.3 is 0 Å². The van der Waals surface area contributed by atoms with Crippen molar-refractivity contribution in [3.8, 4) is 28.4 Å². The zero-order chi connectivity index (χ0) is 19.7. The third kappa shape index (κ3) is 3.24. The fourth-order valence-corrected chi connectivity index (χ4v) is 3.89. The Labute approximate surface area is 165 Å². The molecule has 0 bridgehead atoms. The monoisotopic (exact) mass is 382 g/mol. The number of carbonyl (C=O) groups excluding carboxylic acids is 1. The molecular weight excluding hydrogens is 356 g/mol. The Bertz CT molecular complexity index is 898. The van der Waals surface area contributed by atoms with Crippen LogP contribution in [-0.4, -0.2) is 39.3 Å². The van der Waals surface area contributed by atoms with Crippen LogP contribution in [0.1, 0.15) is 36.2 Å². The number of Topliss-reactive ketones (excluding diaryl/α,β-unsaturated/α-hetero) is 1. The molecule has 1 aliphatic heterocycles. The molecule has 5 heteroatoms. The van der Waals surface area contributed by atoms with E-state index in [9.17, 15) is 4.79 Å². The topological polar surface area (TPSA) is 54.0 Å². The predicted molar refractivity (Wildman–Crippen MR) is 107 cm³/mol. The standard InChI is InChI=1S/C23H26O5/c1-4-27-20-11-9-18(15-6-5-7-17-16(15)8-10-19(17)24)21(22(20)25-3)28-14-23(2)12-26-13-23/h5-7,9,11H,4,8,10,12-14H2,1-3H3. The van der Waals surface area contributed by atoms with Gasteiger partial charge in [0.1, 0.15) is 0 Å². The summed E-state index contributed by atoms with van der Waals surface area (Å²) in [5, 5.41) is 0. The average Bonchev–Trinajstić information content (AvgIpc) is 3.06. The minimum Gasteiger partial charge on any atom is -0.490 e. The van der Waals surface area contributed by atoms with Crippen molar-refractivity contribution in [2.45, 2.75) is 26.7 Å². The molecule has 2 aliphatic rings. The summed E-state index contributed by atoms with van der Waals surface area (Å²) in [7, 11) is 1.63. The van der Waals surface area contributed by atoms with E-state index in [0.29, 0.717) is 50.1 Å². The summed E-state index contributed by atoms with van der Waals surface area (Å²) in [5.41, 5.74) is 3.85. The maximum atomic E-state index is 12.2. The quantitative estimate of drug-likeness (QED) is 0.714. The van der Waals surface area contributed by atoms with Gasteiger partial charge in [-0.05, 0) is 36.6 Å². The van der Waals surface area contributed by atoms with Crippen molar-refractivity contribution in [3.05, 3.63) is 41.5 Å². The molecule has 1 fully saturated rings. The lowest BCUT2D eigenvalue weighted by molar-refractivity contribution is -0.120. The summed E-state index contributed by atoms with van der Waals surface area (Å²) in [5.74, 6) is 2.11. The van der Waals surface area contributed by atoms with Gasteiger partial charge < -0.3 is 18.9 Å². The van der Waals surface area contributed by atoms with Crippen LogP contribution in [0.25, 0.3) is 11.1 Å². The first-order valence-corrected chi connectivity index (χ1v) is 9.76. The first-order valence-electron chi connectivity index (χ1n) is 9.76. The van der Waals surface area contributed by atoms with E-state index in [1.165, 1.54) is 0 Å². The number of hydrogen-bond donors (Lipinski definition) is 0. The molecule has 28 heavy (non-hydrogen) atoms. The van der Waals surface area contributed by atoms with Crippen molar-refractivity contribution in [2.75, 3.05) is 33.5 Å². The fourth-order valence-electron chi connectivity index (χ4n) is 3.89. The van der Waals surface area contributed by atoms with Crippen LogP contribution in [0.3, 0.4) is 0 Å². The summed E-state index contributed by atoms with van der Waals surface area (Å²) in [6.07, 6.45) is 1.32. The number of ketones is 1. The smallest absolute Gasteiger partial charge is 0.203 e. The molecule has 0 atom stereocenters. The highest BCUT2D eigenvalue weighted by molar-refractivity contribution is 6.02. The van der Waals surface area contributed by atoms with E-state index in [0.717, 1.165) is 28.7 Å². The molecular formula is C23H26O5.